The Hall–Kier alpha value is -0.610. The molecular weight excluding hydrogens is 206 g/mol. The summed E-state index contributed by atoms with van der Waals surface area (Å²) < 4.78 is 5.21. The fourth-order valence-corrected chi connectivity index (χ4v) is 2.40. The summed E-state index contributed by atoms with van der Waals surface area (Å²) in [6.45, 7) is 8.33. The van der Waals surface area contributed by atoms with Gasteiger partial charge < -0.3 is 9.84 Å². The Bertz CT molecular complexity index is 255. The predicted molar refractivity (Wildman–Crippen MR) is 62.4 cm³/mol. The van der Waals surface area contributed by atoms with E-state index in [1.165, 1.54) is 0 Å². The molecule has 2 unspecified atom stereocenters. The molecule has 16 heavy (non-hydrogen) atoms. The largest absolute Gasteiger partial charge is 0.481 e. The number of rotatable bonds is 5. The Morgan fingerprint density at radius 3 is 2.50 bits per heavy atom. The molecule has 0 aromatic rings. The zero-order valence-corrected chi connectivity index (χ0v) is 10.7. The summed E-state index contributed by atoms with van der Waals surface area (Å²) in [4.78, 5) is 13.6. The van der Waals surface area contributed by atoms with E-state index in [4.69, 9.17) is 4.74 Å². The highest BCUT2D eigenvalue weighted by Crippen LogP contribution is 2.38. The molecule has 94 valence electrons. The van der Waals surface area contributed by atoms with Crippen LogP contribution >= 0.6 is 0 Å². The van der Waals surface area contributed by atoms with Crippen molar-refractivity contribution in [1.29, 1.82) is 0 Å². The maximum absolute atomic E-state index is 11.4. The second-order valence-electron chi connectivity index (χ2n) is 5.15. The average Bonchev–Trinajstić information content (AvgIpc) is 2.63. The summed E-state index contributed by atoms with van der Waals surface area (Å²) in [6.07, 6.45) is 0.910. The van der Waals surface area contributed by atoms with Crippen molar-refractivity contribution >= 4 is 5.97 Å². The number of ether oxygens (including phenoxy) is 1. The molecule has 0 amide bonds. The summed E-state index contributed by atoms with van der Waals surface area (Å²) in [5.74, 6) is -0.483. The van der Waals surface area contributed by atoms with Gasteiger partial charge in [-0.3, -0.25) is 9.69 Å². The Balaban J connectivity index is 2.64. The fourth-order valence-electron chi connectivity index (χ4n) is 2.40. The Labute approximate surface area is 97.6 Å². The van der Waals surface area contributed by atoms with Crippen LogP contribution in [0.4, 0.5) is 0 Å². The molecule has 0 saturated carbocycles. The van der Waals surface area contributed by atoms with Gasteiger partial charge in [-0.1, -0.05) is 13.8 Å². The molecule has 0 aromatic carbocycles. The van der Waals surface area contributed by atoms with Crippen LogP contribution in [0, 0.1) is 11.3 Å². The maximum atomic E-state index is 11.4. The van der Waals surface area contributed by atoms with Crippen LogP contribution in [0.2, 0.25) is 0 Å². The van der Waals surface area contributed by atoms with Gasteiger partial charge in [0.1, 0.15) is 0 Å². The van der Waals surface area contributed by atoms with Gasteiger partial charge >= 0.3 is 5.97 Å². The monoisotopic (exact) mass is 229 g/mol. The van der Waals surface area contributed by atoms with Gasteiger partial charge in [0.2, 0.25) is 0 Å². The summed E-state index contributed by atoms with van der Waals surface area (Å²) in [7, 11) is 1.69. The number of hydrogen-bond acceptors (Lipinski definition) is 3. The number of nitrogens with zero attached hydrogens (tertiary/aromatic N) is 1. The highest BCUT2D eigenvalue weighted by atomic mass is 16.5. The van der Waals surface area contributed by atoms with Crippen LogP contribution in [0.1, 0.15) is 27.2 Å². The molecule has 1 rings (SSSR count). The molecule has 0 radical (unpaired) electrons. The number of hydrogen-bond donors (Lipinski definition) is 1. The lowest BCUT2D eigenvalue weighted by molar-refractivity contribution is -0.151. The first-order chi connectivity index (χ1) is 7.42. The molecule has 1 heterocycles. The molecular formula is C12H23NO3. The third kappa shape index (κ3) is 2.55. The molecule has 1 saturated heterocycles. The van der Waals surface area contributed by atoms with Gasteiger partial charge in [-0.2, -0.15) is 0 Å². The molecule has 1 N–H and O–H groups in total. The normalized spacial score (nSPS) is 28.6. The summed E-state index contributed by atoms with van der Waals surface area (Å²) >= 11 is 0. The lowest BCUT2D eigenvalue weighted by atomic mass is 9.76. The molecule has 0 aliphatic carbocycles. The van der Waals surface area contributed by atoms with Gasteiger partial charge in [-0.15, -0.1) is 0 Å². The molecule has 1 aliphatic heterocycles. The average molecular weight is 229 g/mol. The van der Waals surface area contributed by atoms with E-state index in [0.29, 0.717) is 6.54 Å². The molecule has 2 atom stereocenters. The van der Waals surface area contributed by atoms with Gasteiger partial charge in [0.05, 0.1) is 11.5 Å². The van der Waals surface area contributed by atoms with Gasteiger partial charge in [-0.05, 0) is 25.8 Å². The van der Waals surface area contributed by atoms with Crippen molar-refractivity contribution < 1.29 is 14.6 Å². The Kier molecular flexibility index (Phi) is 4.33. The van der Waals surface area contributed by atoms with Crippen LogP contribution in [-0.4, -0.2) is 48.8 Å². The second-order valence-corrected chi connectivity index (χ2v) is 5.15. The molecule has 0 aromatic heterocycles. The van der Waals surface area contributed by atoms with Crippen LogP contribution in [0.15, 0.2) is 0 Å². The Morgan fingerprint density at radius 2 is 2.12 bits per heavy atom. The minimum Gasteiger partial charge on any atom is -0.481 e. The first-order valence-corrected chi connectivity index (χ1v) is 5.91. The van der Waals surface area contributed by atoms with Crippen LogP contribution in [-0.2, 0) is 9.53 Å². The molecule has 0 spiro atoms. The van der Waals surface area contributed by atoms with Crippen LogP contribution in [0.5, 0.6) is 0 Å². The van der Waals surface area contributed by atoms with E-state index in [1.807, 2.05) is 20.8 Å². The molecule has 1 aliphatic rings. The number of aliphatic carboxylic acids is 1. The van der Waals surface area contributed by atoms with Gasteiger partial charge in [-0.25, -0.2) is 0 Å². The number of carboxylic acids is 1. The van der Waals surface area contributed by atoms with Gasteiger partial charge in [0.15, 0.2) is 0 Å². The lowest BCUT2D eigenvalue weighted by Crippen LogP contribution is -2.40. The zero-order chi connectivity index (χ0) is 12.3. The second kappa shape index (κ2) is 5.15. The van der Waals surface area contributed by atoms with E-state index in [-0.39, 0.29) is 12.0 Å². The van der Waals surface area contributed by atoms with Crippen molar-refractivity contribution in [2.45, 2.75) is 33.3 Å². The van der Waals surface area contributed by atoms with Crippen molar-refractivity contribution in [3.63, 3.8) is 0 Å². The van der Waals surface area contributed by atoms with E-state index in [9.17, 15) is 9.90 Å². The standard InChI is InChI=1S/C12H23NO3/c1-9(2)12(11(14)15)5-6-13(8-12)7-10(3)16-4/h9-10H,5-8H2,1-4H3,(H,14,15). The quantitative estimate of drug-likeness (QED) is 0.775. The summed E-state index contributed by atoms with van der Waals surface area (Å²) in [5, 5.41) is 9.39. The summed E-state index contributed by atoms with van der Waals surface area (Å²) in [5.41, 5.74) is -0.562. The van der Waals surface area contributed by atoms with Gasteiger partial charge in [0, 0.05) is 20.2 Å². The smallest absolute Gasteiger partial charge is 0.311 e. The number of carbonyl (C=O) groups is 1. The number of carboxylic acid groups (broad SMARTS) is 1. The first-order valence-electron chi connectivity index (χ1n) is 5.91. The van der Waals surface area contributed by atoms with Crippen molar-refractivity contribution in [3.05, 3.63) is 0 Å². The first kappa shape index (κ1) is 13.5. The van der Waals surface area contributed by atoms with E-state index < -0.39 is 11.4 Å². The Morgan fingerprint density at radius 1 is 1.50 bits per heavy atom. The van der Waals surface area contributed by atoms with E-state index in [1.54, 1.807) is 7.11 Å². The van der Waals surface area contributed by atoms with Crippen molar-refractivity contribution in [1.82, 2.24) is 4.90 Å². The van der Waals surface area contributed by atoms with E-state index >= 15 is 0 Å². The highest BCUT2D eigenvalue weighted by Gasteiger charge is 2.47. The number of methoxy groups -OCH3 is 1. The van der Waals surface area contributed by atoms with Crippen molar-refractivity contribution in [2.75, 3.05) is 26.7 Å². The van der Waals surface area contributed by atoms with E-state index in [2.05, 4.69) is 4.90 Å². The lowest BCUT2D eigenvalue weighted by Gasteiger charge is -2.29. The highest BCUT2D eigenvalue weighted by molar-refractivity contribution is 5.75. The molecule has 4 heteroatoms. The predicted octanol–water partition coefficient (Wildman–Crippen LogP) is 1.45. The third-order valence-electron chi connectivity index (χ3n) is 3.83. The summed E-state index contributed by atoms with van der Waals surface area (Å²) in [6, 6.07) is 0. The van der Waals surface area contributed by atoms with Gasteiger partial charge in [0.25, 0.3) is 0 Å². The van der Waals surface area contributed by atoms with Crippen molar-refractivity contribution in [3.8, 4) is 0 Å². The van der Waals surface area contributed by atoms with Crippen LogP contribution in [0.25, 0.3) is 0 Å². The zero-order valence-electron chi connectivity index (χ0n) is 10.7. The van der Waals surface area contributed by atoms with Crippen LogP contribution < -0.4 is 0 Å². The molecule has 1 fully saturated rings. The van der Waals surface area contributed by atoms with Crippen LogP contribution in [0.3, 0.4) is 0 Å². The minimum atomic E-state index is -0.657. The number of likely N-dealkylation sites (tertiary alicyclic amines) is 1. The topological polar surface area (TPSA) is 49.8 Å². The maximum Gasteiger partial charge on any atom is 0.311 e. The third-order valence-corrected chi connectivity index (χ3v) is 3.83. The molecule has 0 bridgehead atoms. The minimum absolute atomic E-state index is 0.164. The SMILES string of the molecule is COC(C)CN1CCC(C(=O)O)(C(C)C)C1. The van der Waals surface area contributed by atoms with E-state index in [0.717, 1.165) is 19.5 Å². The van der Waals surface area contributed by atoms with Crippen molar-refractivity contribution in [2.24, 2.45) is 11.3 Å². The fraction of sp³-hybridized carbons (Fsp3) is 0.917. The molecule has 4 nitrogen and oxygen atoms in total.